The molecule has 22 heavy (non-hydrogen) atoms. The highest BCUT2D eigenvalue weighted by molar-refractivity contribution is 5.39. The van der Waals surface area contributed by atoms with Crippen LogP contribution in [0.4, 0.5) is 5.82 Å². The second-order valence-electron chi connectivity index (χ2n) is 6.34. The summed E-state index contributed by atoms with van der Waals surface area (Å²) in [7, 11) is 0. The molecule has 1 aliphatic carbocycles. The summed E-state index contributed by atoms with van der Waals surface area (Å²) in [6.45, 7) is 4.44. The van der Waals surface area contributed by atoms with Crippen LogP contribution in [0.15, 0.2) is 29.3 Å². The first kappa shape index (κ1) is 13.4. The number of nitrogens with zero attached hydrogens (tertiary/aromatic N) is 5. The largest absolute Gasteiger partial charge is 0.355 e. The third-order valence-corrected chi connectivity index (χ3v) is 4.34. The zero-order valence-electron chi connectivity index (χ0n) is 12.6. The molecule has 0 aromatic carbocycles. The Balaban J connectivity index is 1.42. The van der Waals surface area contributed by atoms with Gasteiger partial charge in [-0.2, -0.15) is 5.10 Å². The van der Waals surface area contributed by atoms with Gasteiger partial charge < -0.3 is 4.90 Å². The number of aryl methyl sites for hydroxylation is 1. The summed E-state index contributed by atoms with van der Waals surface area (Å²) < 4.78 is 1.64. The number of rotatable bonds is 4. The number of aromatic nitrogens is 4. The van der Waals surface area contributed by atoms with Gasteiger partial charge in [-0.3, -0.25) is 9.78 Å². The van der Waals surface area contributed by atoms with Crippen LogP contribution in [0.5, 0.6) is 0 Å². The Bertz CT molecular complexity index is 746. The Labute approximate surface area is 128 Å². The molecule has 2 aromatic rings. The van der Waals surface area contributed by atoms with Crippen molar-refractivity contribution in [2.45, 2.75) is 32.2 Å². The molecule has 4 rings (SSSR count). The first-order chi connectivity index (χ1) is 10.7. The van der Waals surface area contributed by atoms with Crippen LogP contribution in [0.3, 0.4) is 0 Å². The van der Waals surface area contributed by atoms with Crippen molar-refractivity contribution in [3.63, 3.8) is 0 Å². The first-order valence-corrected chi connectivity index (χ1v) is 7.81. The van der Waals surface area contributed by atoms with Gasteiger partial charge >= 0.3 is 0 Å². The van der Waals surface area contributed by atoms with Crippen molar-refractivity contribution in [1.29, 1.82) is 0 Å². The standard InChI is InChI=1S/C16H19N5O/c1-11-6-17-7-15(18-11)20-8-12(9-20)10-21-16(22)5-4-14(19-21)13-2-3-13/h4-7,12-13H,2-3,8-10H2,1H3. The van der Waals surface area contributed by atoms with E-state index in [0.717, 1.165) is 30.3 Å². The maximum absolute atomic E-state index is 12.0. The fourth-order valence-corrected chi connectivity index (χ4v) is 2.91. The fourth-order valence-electron chi connectivity index (χ4n) is 2.91. The van der Waals surface area contributed by atoms with E-state index in [1.807, 2.05) is 13.0 Å². The zero-order chi connectivity index (χ0) is 15.1. The van der Waals surface area contributed by atoms with Gasteiger partial charge in [-0.15, -0.1) is 0 Å². The lowest BCUT2D eigenvalue weighted by Crippen LogP contribution is -2.50. The molecule has 114 valence electrons. The quantitative estimate of drug-likeness (QED) is 0.852. The maximum Gasteiger partial charge on any atom is 0.266 e. The van der Waals surface area contributed by atoms with Gasteiger partial charge in [-0.25, -0.2) is 9.67 Å². The van der Waals surface area contributed by atoms with E-state index >= 15 is 0 Å². The minimum atomic E-state index is -0.00167. The molecular weight excluding hydrogens is 278 g/mol. The van der Waals surface area contributed by atoms with Crippen molar-refractivity contribution in [1.82, 2.24) is 19.7 Å². The molecule has 6 heteroatoms. The monoisotopic (exact) mass is 297 g/mol. The summed E-state index contributed by atoms with van der Waals surface area (Å²) >= 11 is 0. The zero-order valence-corrected chi connectivity index (χ0v) is 12.6. The second-order valence-corrected chi connectivity index (χ2v) is 6.34. The molecule has 1 saturated heterocycles. The number of hydrogen-bond acceptors (Lipinski definition) is 5. The molecule has 2 fully saturated rings. The van der Waals surface area contributed by atoms with Crippen LogP contribution >= 0.6 is 0 Å². The smallest absolute Gasteiger partial charge is 0.266 e. The summed E-state index contributed by atoms with van der Waals surface area (Å²) in [5.41, 5.74) is 1.99. The van der Waals surface area contributed by atoms with Gasteiger partial charge in [0.25, 0.3) is 5.56 Å². The molecule has 2 aliphatic rings. The van der Waals surface area contributed by atoms with E-state index < -0.39 is 0 Å². The lowest BCUT2D eigenvalue weighted by Gasteiger charge is -2.40. The van der Waals surface area contributed by atoms with E-state index in [2.05, 4.69) is 20.0 Å². The predicted molar refractivity (Wildman–Crippen MR) is 82.9 cm³/mol. The summed E-state index contributed by atoms with van der Waals surface area (Å²) in [6.07, 6.45) is 5.96. The minimum absolute atomic E-state index is 0.00167. The number of anilines is 1. The van der Waals surface area contributed by atoms with Gasteiger partial charge in [0, 0.05) is 37.2 Å². The molecule has 1 saturated carbocycles. The molecule has 1 aliphatic heterocycles. The van der Waals surface area contributed by atoms with E-state index in [1.165, 1.54) is 12.8 Å². The SMILES string of the molecule is Cc1cncc(N2CC(Cn3nc(C4CC4)ccc3=O)C2)n1. The molecule has 6 nitrogen and oxygen atoms in total. The average molecular weight is 297 g/mol. The van der Waals surface area contributed by atoms with Crippen LogP contribution in [0.1, 0.15) is 30.1 Å². The molecule has 3 heterocycles. The highest BCUT2D eigenvalue weighted by Crippen LogP contribution is 2.38. The Morgan fingerprint density at radius 3 is 2.77 bits per heavy atom. The fraction of sp³-hybridized carbons (Fsp3) is 0.500. The van der Waals surface area contributed by atoms with Gasteiger partial charge in [0.2, 0.25) is 0 Å². The summed E-state index contributed by atoms with van der Waals surface area (Å²) in [5, 5.41) is 4.53. The van der Waals surface area contributed by atoms with Crippen molar-refractivity contribution in [2.75, 3.05) is 18.0 Å². The van der Waals surface area contributed by atoms with Crippen LogP contribution in [-0.4, -0.2) is 32.8 Å². The summed E-state index contributed by atoms with van der Waals surface area (Å²) in [4.78, 5) is 22.8. The van der Waals surface area contributed by atoms with Gasteiger partial charge in [0.15, 0.2) is 0 Å². The van der Waals surface area contributed by atoms with E-state index in [4.69, 9.17) is 0 Å². The predicted octanol–water partition coefficient (Wildman–Crippen LogP) is 1.36. The molecular formula is C16H19N5O. The van der Waals surface area contributed by atoms with E-state index in [0.29, 0.717) is 18.4 Å². The Morgan fingerprint density at radius 1 is 1.23 bits per heavy atom. The first-order valence-electron chi connectivity index (χ1n) is 7.81. The van der Waals surface area contributed by atoms with Crippen LogP contribution in [0, 0.1) is 12.8 Å². The van der Waals surface area contributed by atoms with E-state index in [9.17, 15) is 4.79 Å². The van der Waals surface area contributed by atoms with Crippen LogP contribution in [0.25, 0.3) is 0 Å². The highest BCUT2D eigenvalue weighted by atomic mass is 16.1. The highest BCUT2D eigenvalue weighted by Gasteiger charge is 2.30. The molecule has 0 spiro atoms. The van der Waals surface area contributed by atoms with Gasteiger partial charge in [-0.1, -0.05) is 0 Å². The lowest BCUT2D eigenvalue weighted by atomic mass is 10.0. The van der Waals surface area contributed by atoms with Gasteiger partial charge in [0.1, 0.15) is 5.82 Å². The Hall–Kier alpha value is -2.24. The summed E-state index contributed by atoms with van der Waals surface area (Å²) in [5.74, 6) is 1.94. The van der Waals surface area contributed by atoms with Crippen LogP contribution in [-0.2, 0) is 6.54 Å². The Morgan fingerprint density at radius 2 is 2.05 bits per heavy atom. The topological polar surface area (TPSA) is 63.9 Å². The van der Waals surface area contributed by atoms with Crippen molar-refractivity contribution in [2.24, 2.45) is 5.92 Å². The third-order valence-electron chi connectivity index (χ3n) is 4.34. The average Bonchev–Trinajstić information content (AvgIpc) is 3.28. The molecule has 0 N–H and O–H groups in total. The Kier molecular flexibility index (Phi) is 3.17. The molecule has 2 aromatic heterocycles. The third kappa shape index (κ3) is 2.61. The molecule has 0 radical (unpaired) electrons. The minimum Gasteiger partial charge on any atom is -0.355 e. The van der Waals surface area contributed by atoms with E-state index in [-0.39, 0.29) is 5.56 Å². The van der Waals surface area contributed by atoms with Crippen molar-refractivity contribution in [3.05, 3.63) is 46.3 Å². The molecule has 0 atom stereocenters. The van der Waals surface area contributed by atoms with Gasteiger partial charge in [-0.05, 0) is 25.8 Å². The van der Waals surface area contributed by atoms with Crippen molar-refractivity contribution < 1.29 is 0 Å². The van der Waals surface area contributed by atoms with Crippen LogP contribution in [0.2, 0.25) is 0 Å². The van der Waals surface area contributed by atoms with Crippen molar-refractivity contribution >= 4 is 5.82 Å². The summed E-state index contributed by atoms with van der Waals surface area (Å²) in [6, 6.07) is 3.54. The number of hydrogen-bond donors (Lipinski definition) is 0. The molecule has 0 bridgehead atoms. The second kappa shape index (κ2) is 5.19. The molecule has 0 unspecified atom stereocenters. The van der Waals surface area contributed by atoms with E-state index in [1.54, 1.807) is 23.1 Å². The molecule has 0 amide bonds. The van der Waals surface area contributed by atoms with Crippen molar-refractivity contribution in [3.8, 4) is 0 Å². The van der Waals surface area contributed by atoms with Gasteiger partial charge in [0.05, 0.1) is 24.1 Å². The van der Waals surface area contributed by atoms with Crippen LogP contribution < -0.4 is 10.5 Å². The lowest BCUT2D eigenvalue weighted by molar-refractivity contribution is 0.331. The maximum atomic E-state index is 12.0. The normalized spacial score (nSPS) is 18.3.